The fourth-order valence-corrected chi connectivity index (χ4v) is 1.15. The van der Waals surface area contributed by atoms with Gasteiger partial charge in [0.05, 0.1) is 7.85 Å². The van der Waals surface area contributed by atoms with Crippen LogP contribution < -0.4 is 4.74 Å². The molecule has 0 fully saturated rings. The van der Waals surface area contributed by atoms with Crippen molar-refractivity contribution in [3.8, 4) is 11.5 Å². The first-order valence-electron chi connectivity index (χ1n) is 4.90. The number of carbonyl (C=O) groups is 1. The Balaban J connectivity index is 2.73. The van der Waals surface area contributed by atoms with Crippen molar-refractivity contribution in [1.82, 2.24) is 0 Å². The largest absolute Gasteiger partial charge is 0.504 e. The van der Waals surface area contributed by atoms with Gasteiger partial charge in [0.1, 0.15) is 0 Å². The summed E-state index contributed by atoms with van der Waals surface area (Å²) in [5, 5.41) is 9.51. The van der Waals surface area contributed by atoms with Gasteiger partial charge in [-0.15, -0.1) is 0 Å². The van der Waals surface area contributed by atoms with E-state index in [1.807, 2.05) is 6.92 Å². The van der Waals surface area contributed by atoms with Crippen molar-refractivity contribution in [3.63, 3.8) is 0 Å². The second kappa shape index (κ2) is 5.44. The lowest BCUT2D eigenvalue weighted by Gasteiger charge is -2.06. The minimum absolute atomic E-state index is 0.0533. The molecule has 1 aromatic carbocycles. The normalized spacial score (nSPS) is 9.93. The maximum absolute atomic E-state index is 11.2. The SMILES string of the molecule is [B]Cc1ccc(OC(=O)CCC)c(O)c1. The first kappa shape index (κ1) is 11.6. The highest BCUT2D eigenvalue weighted by Crippen LogP contribution is 2.27. The summed E-state index contributed by atoms with van der Waals surface area (Å²) in [5.74, 6) is -0.207. The van der Waals surface area contributed by atoms with E-state index in [1.165, 1.54) is 6.07 Å². The summed E-state index contributed by atoms with van der Waals surface area (Å²) in [6.45, 7) is 1.89. The van der Waals surface area contributed by atoms with Crippen molar-refractivity contribution in [2.45, 2.75) is 26.1 Å². The molecule has 1 aromatic rings. The van der Waals surface area contributed by atoms with Gasteiger partial charge in [0.2, 0.25) is 0 Å². The molecule has 78 valence electrons. The van der Waals surface area contributed by atoms with Crippen LogP contribution in [-0.2, 0) is 11.1 Å². The molecular weight excluding hydrogens is 191 g/mol. The molecule has 1 rings (SSSR count). The summed E-state index contributed by atoms with van der Waals surface area (Å²) < 4.78 is 4.96. The van der Waals surface area contributed by atoms with Crippen LogP contribution in [0.3, 0.4) is 0 Å². The number of rotatable bonds is 4. The van der Waals surface area contributed by atoms with E-state index in [0.29, 0.717) is 12.7 Å². The van der Waals surface area contributed by atoms with E-state index < -0.39 is 0 Å². The third-order valence-corrected chi connectivity index (χ3v) is 1.94. The Labute approximate surface area is 90.5 Å². The predicted molar refractivity (Wildman–Crippen MR) is 58.1 cm³/mol. The zero-order chi connectivity index (χ0) is 11.3. The Morgan fingerprint density at radius 3 is 2.80 bits per heavy atom. The van der Waals surface area contributed by atoms with E-state index in [1.54, 1.807) is 12.1 Å². The van der Waals surface area contributed by atoms with Crippen LogP contribution in [0.25, 0.3) is 0 Å². The molecule has 0 saturated carbocycles. The number of ether oxygens (including phenoxy) is 1. The van der Waals surface area contributed by atoms with Gasteiger partial charge >= 0.3 is 5.97 Å². The standard InChI is InChI=1S/C11H13BO3/c1-2-3-11(14)15-10-5-4-8(7-12)6-9(10)13/h4-6,13H,2-3,7H2,1H3. The smallest absolute Gasteiger partial charge is 0.311 e. The van der Waals surface area contributed by atoms with Crippen molar-refractivity contribution in [1.29, 1.82) is 0 Å². The van der Waals surface area contributed by atoms with Gasteiger partial charge in [-0.25, -0.2) is 0 Å². The number of hydrogen-bond acceptors (Lipinski definition) is 3. The summed E-state index contributed by atoms with van der Waals surface area (Å²) in [6.07, 6.45) is 1.41. The summed E-state index contributed by atoms with van der Waals surface area (Å²) in [4.78, 5) is 11.2. The molecule has 4 heteroatoms. The highest BCUT2D eigenvalue weighted by Gasteiger charge is 2.07. The lowest BCUT2D eigenvalue weighted by molar-refractivity contribution is -0.134. The highest BCUT2D eigenvalue weighted by atomic mass is 16.5. The molecule has 0 atom stereocenters. The lowest BCUT2D eigenvalue weighted by atomic mass is 9.97. The lowest BCUT2D eigenvalue weighted by Crippen LogP contribution is -2.07. The van der Waals surface area contributed by atoms with Crippen LogP contribution in [0.2, 0.25) is 0 Å². The van der Waals surface area contributed by atoms with Crippen molar-refractivity contribution in [3.05, 3.63) is 23.8 Å². The van der Waals surface area contributed by atoms with E-state index in [4.69, 9.17) is 12.6 Å². The third kappa shape index (κ3) is 3.31. The van der Waals surface area contributed by atoms with E-state index in [2.05, 4.69) is 0 Å². The minimum atomic E-state index is -0.340. The number of benzene rings is 1. The quantitative estimate of drug-likeness (QED) is 0.461. The Morgan fingerprint density at radius 2 is 2.27 bits per heavy atom. The molecule has 0 aliphatic rings. The highest BCUT2D eigenvalue weighted by molar-refractivity contribution is 6.08. The van der Waals surface area contributed by atoms with Crippen LogP contribution in [-0.4, -0.2) is 18.9 Å². The van der Waals surface area contributed by atoms with Crippen LogP contribution in [0.1, 0.15) is 25.3 Å². The Kier molecular flexibility index (Phi) is 4.22. The Bertz CT molecular complexity index is 350. The van der Waals surface area contributed by atoms with Crippen LogP contribution >= 0.6 is 0 Å². The molecule has 0 aromatic heterocycles. The zero-order valence-electron chi connectivity index (χ0n) is 8.69. The van der Waals surface area contributed by atoms with Gasteiger partial charge in [0.15, 0.2) is 11.5 Å². The number of aromatic hydroxyl groups is 1. The molecule has 3 nitrogen and oxygen atoms in total. The van der Waals surface area contributed by atoms with Crippen LogP contribution in [0.4, 0.5) is 0 Å². The van der Waals surface area contributed by atoms with Gasteiger partial charge in [-0.1, -0.05) is 24.9 Å². The van der Waals surface area contributed by atoms with E-state index in [9.17, 15) is 9.90 Å². The molecule has 0 unspecified atom stereocenters. The van der Waals surface area contributed by atoms with E-state index in [-0.39, 0.29) is 17.5 Å². The number of phenols is 1. The second-order valence-corrected chi connectivity index (χ2v) is 3.23. The predicted octanol–water partition coefficient (Wildman–Crippen LogP) is 1.77. The molecule has 0 saturated heterocycles. The van der Waals surface area contributed by atoms with Crippen molar-refractivity contribution in [2.75, 3.05) is 0 Å². The summed E-state index contributed by atoms with van der Waals surface area (Å²) in [7, 11) is 5.40. The molecule has 0 spiro atoms. The number of carbonyl (C=O) groups excluding carboxylic acids is 1. The first-order valence-corrected chi connectivity index (χ1v) is 4.90. The van der Waals surface area contributed by atoms with Crippen molar-refractivity contribution < 1.29 is 14.6 Å². The van der Waals surface area contributed by atoms with Gasteiger partial charge in [0, 0.05) is 6.42 Å². The Hall–Kier alpha value is -1.45. The molecule has 0 bridgehead atoms. The first-order chi connectivity index (χ1) is 7.17. The molecule has 15 heavy (non-hydrogen) atoms. The van der Waals surface area contributed by atoms with E-state index >= 15 is 0 Å². The average Bonchev–Trinajstić information content (AvgIpc) is 2.21. The fraction of sp³-hybridized carbons (Fsp3) is 0.364. The van der Waals surface area contributed by atoms with Gasteiger partial charge in [0.25, 0.3) is 0 Å². The molecule has 0 aliphatic heterocycles. The maximum atomic E-state index is 11.2. The average molecular weight is 204 g/mol. The molecule has 0 aliphatic carbocycles. The summed E-state index contributed by atoms with van der Waals surface area (Å²) in [6, 6.07) is 4.76. The molecule has 0 amide bonds. The molecule has 0 heterocycles. The number of hydrogen-bond donors (Lipinski definition) is 1. The molecule has 2 radical (unpaired) electrons. The second-order valence-electron chi connectivity index (χ2n) is 3.23. The maximum Gasteiger partial charge on any atom is 0.311 e. The summed E-state index contributed by atoms with van der Waals surface area (Å²) in [5.41, 5.74) is 0.794. The monoisotopic (exact) mass is 204 g/mol. The zero-order valence-corrected chi connectivity index (χ0v) is 8.69. The van der Waals surface area contributed by atoms with Gasteiger partial charge in [-0.05, 0) is 18.6 Å². The van der Waals surface area contributed by atoms with Gasteiger partial charge in [-0.3, -0.25) is 4.79 Å². The van der Waals surface area contributed by atoms with E-state index in [0.717, 1.165) is 12.0 Å². The van der Waals surface area contributed by atoms with Crippen LogP contribution in [0.15, 0.2) is 18.2 Å². The fourth-order valence-electron chi connectivity index (χ4n) is 1.15. The molecular formula is C11H13BO3. The van der Waals surface area contributed by atoms with Gasteiger partial charge in [-0.2, -0.15) is 0 Å². The Morgan fingerprint density at radius 1 is 1.53 bits per heavy atom. The minimum Gasteiger partial charge on any atom is -0.504 e. The summed E-state index contributed by atoms with van der Waals surface area (Å²) >= 11 is 0. The van der Waals surface area contributed by atoms with Crippen molar-refractivity contribution >= 4 is 13.8 Å². The van der Waals surface area contributed by atoms with Crippen LogP contribution in [0, 0.1) is 0 Å². The topological polar surface area (TPSA) is 46.5 Å². The van der Waals surface area contributed by atoms with Gasteiger partial charge < -0.3 is 9.84 Å². The third-order valence-electron chi connectivity index (χ3n) is 1.94. The number of esters is 1. The molecule has 1 N–H and O–H groups in total. The van der Waals surface area contributed by atoms with Crippen LogP contribution in [0.5, 0.6) is 11.5 Å². The number of phenolic OH excluding ortho intramolecular Hbond substituents is 1. The van der Waals surface area contributed by atoms with Crippen molar-refractivity contribution in [2.24, 2.45) is 0 Å².